The fraction of sp³-hybridized carbons (Fsp3) is 0.933. The monoisotopic (exact) mass is 267 g/mol. The molecule has 2 N–H and O–H groups in total. The number of piperidine rings is 1. The molecule has 2 aliphatic rings. The molecule has 4 heteroatoms. The number of nitrogens with one attached hydrogen (secondary N) is 2. The third-order valence-electron chi connectivity index (χ3n) is 4.59. The first-order chi connectivity index (χ1) is 9.06. The minimum atomic E-state index is 0.178. The van der Waals surface area contributed by atoms with E-state index in [4.69, 9.17) is 0 Å². The van der Waals surface area contributed by atoms with Crippen molar-refractivity contribution >= 4 is 5.91 Å². The molecule has 0 aliphatic carbocycles. The van der Waals surface area contributed by atoms with E-state index in [0.717, 1.165) is 25.2 Å². The van der Waals surface area contributed by atoms with Gasteiger partial charge in [-0.05, 0) is 38.6 Å². The summed E-state index contributed by atoms with van der Waals surface area (Å²) in [7, 11) is 2.26. The summed E-state index contributed by atoms with van der Waals surface area (Å²) in [6.07, 6.45) is 5.82. The van der Waals surface area contributed by atoms with Crippen molar-refractivity contribution in [3.05, 3.63) is 0 Å². The van der Waals surface area contributed by atoms with Crippen LogP contribution in [0.3, 0.4) is 0 Å². The number of rotatable bonds is 6. The van der Waals surface area contributed by atoms with Gasteiger partial charge in [0.25, 0.3) is 0 Å². The Morgan fingerprint density at radius 3 is 2.47 bits per heavy atom. The third-order valence-corrected chi connectivity index (χ3v) is 4.59. The lowest BCUT2D eigenvalue weighted by Crippen LogP contribution is -2.47. The van der Waals surface area contributed by atoms with Crippen molar-refractivity contribution < 1.29 is 4.79 Å². The summed E-state index contributed by atoms with van der Waals surface area (Å²) in [5.41, 5.74) is 0. The summed E-state index contributed by atoms with van der Waals surface area (Å²) < 4.78 is 0. The molecule has 0 saturated carbocycles. The van der Waals surface area contributed by atoms with E-state index in [-0.39, 0.29) is 5.91 Å². The van der Waals surface area contributed by atoms with Gasteiger partial charge in [-0.3, -0.25) is 4.79 Å². The van der Waals surface area contributed by atoms with Crippen LogP contribution in [-0.2, 0) is 4.79 Å². The van der Waals surface area contributed by atoms with Crippen LogP contribution in [0.5, 0.6) is 0 Å². The number of hydrogen-bond acceptors (Lipinski definition) is 3. The van der Waals surface area contributed by atoms with Gasteiger partial charge in [-0.1, -0.05) is 13.8 Å². The lowest BCUT2D eigenvalue weighted by atomic mass is 9.98. The predicted octanol–water partition coefficient (Wildman–Crippen LogP) is 1.36. The molecular weight excluding hydrogens is 238 g/mol. The largest absolute Gasteiger partial charge is 0.356 e. The zero-order valence-electron chi connectivity index (χ0n) is 12.6. The van der Waals surface area contributed by atoms with Crippen molar-refractivity contribution in [3.63, 3.8) is 0 Å². The van der Waals surface area contributed by atoms with Crippen LogP contribution in [0.2, 0.25) is 0 Å². The van der Waals surface area contributed by atoms with E-state index in [2.05, 4.69) is 36.4 Å². The smallest absolute Gasteiger partial charge is 0.221 e. The number of hydrogen-bond donors (Lipinski definition) is 2. The first kappa shape index (κ1) is 14.8. The summed E-state index contributed by atoms with van der Waals surface area (Å²) in [5, 5.41) is 6.54. The van der Waals surface area contributed by atoms with Crippen molar-refractivity contribution in [2.24, 2.45) is 5.92 Å². The van der Waals surface area contributed by atoms with E-state index in [0.29, 0.717) is 18.4 Å². The zero-order valence-corrected chi connectivity index (χ0v) is 12.6. The molecule has 0 spiro atoms. The SMILES string of the molecule is CC(C)CNC(=O)CCNC1CC2CCC(C1)N2C. The molecule has 2 saturated heterocycles. The van der Waals surface area contributed by atoms with Crippen molar-refractivity contribution in [2.75, 3.05) is 20.1 Å². The van der Waals surface area contributed by atoms with Crippen LogP contribution < -0.4 is 10.6 Å². The Labute approximate surface area is 117 Å². The second-order valence-electron chi connectivity index (χ2n) is 6.62. The molecule has 2 fully saturated rings. The molecule has 2 heterocycles. The Hall–Kier alpha value is -0.610. The Balaban J connectivity index is 1.60. The second kappa shape index (κ2) is 6.71. The van der Waals surface area contributed by atoms with Crippen molar-refractivity contribution in [2.45, 2.75) is 64.1 Å². The summed E-state index contributed by atoms with van der Waals surface area (Å²) in [5.74, 6) is 0.707. The Bertz CT molecular complexity index is 292. The maximum Gasteiger partial charge on any atom is 0.221 e. The summed E-state index contributed by atoms with van der Waals surface area (Å²) in [6, 6.07) is 2.16. The van der Waals surface area contributed by atoms with Crippen LogP contribution in [0.4, 0.5) is 0 Å². The van der Waals surface area contributed by atoms with Crippen molar-refractivity contribution in [3.8, 4) is 0 Å². The topological polar surface area (TPSA) is 44.4 Å². The first-order valence-electron chi connectivity index (χ1n) is 7.78. The molecule has 1 amide bonds. The van der Waals surface area contributed by atoms with Crippen LogP contribution in [0.15, 0.2) is 0 Å². The molecule has 2 aliphatic heterocycles. The van der Waals surface area contributed by atoms with E-state index in [9.17, 15) is 4.79 Å². The molecule has 4 nitrogen and oxygen atoms in total. The maximum absolute atomic E-state index is 11.6. The molecule has 0 aromatic rings. The highest BCUT2D eigenvalue weighted by atomic mass is 16.1. The third kappa shape index (κ3) is 4.18. The molecule has 0 aromatic heterocycles. The maximum atomic E-state index is 11.6. The van der Waals surface area contributed by atoms with Crippen molar-refractivity contribution in [1.29, 1.82) is 0 Å². The van der Waals surface area contributed by atoms with Gasteiger partial charge in [0, 0.05) is 37.6 Å². The highest BCUT2D eigenvalue weighted by Gasteiger charge is 2.37. The van der Waals surface area contributed by atoms with Crippen molar-refractivity contribution in [1.82, 2.24) is 15.5 Å². The first-order valence-corrected chi connectivity index (χ1v) is 7.78. The summed E-state index contributed by atoms with van der Waals surface area (Å²) >= 11 is 0. The van der Waals surface area contributed by atoms with E-state index >= 15 is 0 Å². The van der Waals surface area contributed by atoms with E-state index in [1.807, 2.05) is 0 Å². The fourth-order valence-corrected chi connectivity index (χ4v) is 3.37. The van der Waals surface area contributed by atoms with Crippen LogP contribution in [0.25, 0.3) is 0 Å². The highest BCUT2D eigenvalue weighted by Crippen LogP contribution is 2.34. The minimum Gasteiger partial charge on any atom is -0.356 e. The standard InChI is InChI=1S/C15H29N3O/c1-11(2)10-17-15(19)6-7-16-12-8-13-4-5-14(9-12)18(13)3/h11-14,16H,4-10H2,1-3H3,(H,17,19). The number of amides is 1. The Kier molecular flexibility index (Phi) is 5.22. The van der Waals surface area contributed by atoms with Gasteiger partial charge in [-0.15, -0.1) is 0 Å². The summed E-state index contributed by atoms with van der Waals surface area (Å²) in [6.45, 7) is 5.84. The average molecular weight is 267 g/mol. The molecule has 110 valence electrons. The average Bonchev–Trinajstić information content (AvgIpc) is 2.60. The number of nitrogens with zero attached hydrogens (tertiary/aromatic N) is 1. The normalized spacial score (nSPS) is 30.8. The van der Waals surface area contributed by atoms with Gasteiger partial charge in [0.1, 0.15) is 0 Å². The molecule has 19 heavy (non-hydrogen) atoms. The number of carbonyl (C=O) groups is 1. The minimum absolute atomic E-state index is 0.178. The van der Waals surface area contributed by atoms with Gasteiger partial charge < -0.3 is 15.5 Å². The molecule has 2 rings (SSSR count). The zero-order chi connectivity index (χ0) is 13.8. The molecule has 0 aromatic carbocycles. The number of carbonyl (C=O) groups excluding carboxylic acids is 1. The Morgan fingerprint density at radius 1 is 1.26 bits per heavy atom. The quantitative estimate of drug-likeness (QED) is 0.764. The van der Waals surface area contributed by atoms with Crippen LogP contribution in [0.1, 0.15) is 46.0 Å². The predicted molar refractivity (Wildman–Crippen MR) is 78.1 cm³/mol. The molecule has 2 bridgehead atoms. The van der Waals surface area contributed by atoms with Crippen LogP contribution >= 0.6 is 0 Å². The van der Waals surface area contributed by atoms with E-state index < -0.39 is 0 Å². The van der Waals surface area contributed by atoms with Gasteiger partial charge in [0.15, 0.2) is 0 Å². The van der Waals surface area contributed by atoms with Gasteiger partial charge in [0.2, 0.25) is 5.91 Å². The van der Waals surface area contributed by atoms with Gasteiger partial charge in [-0.2, -0.15) is 0 Å². The molecular formula is C15H29N3O. The van der Waals surface area contributed by atoms with Gasteiger partial charge in [-0.25, -0.2) is 0 Å². The molecule has 2 atom stereocenters. The molecule has 0 radical (unpaired) electrons. The van der Waals surface area contributed by atoms with E-state index in [1.54, 1.807) is 0 Å². The Morgan fingerprint density at radius 2 is 1.89 bits per heavy atom. The highest BCUT2D eigenvalue weighted by molar-refractivity contribution is 5.76. The second-order valence-corrected chi connectivity index (χ2v) is 6.62. The molecule has 2 unspecified atom stereocenters. The van der Waals surface area contributed by atoms with Crippen LogP contribution in [0, 0.1) is 5.92 Å². The fourth-order valence-electron chi connectivity index (χ4n) is 3.37. The lowest BCUT2D eigenvalue weighted by molar-refractivity contribution is -0.121. The number of fused-ring (bicyclic) bond motifs is 2. The van der Waals surface area contributed by atoms with Gasteiger partial charge >= 0.3 is 0 Å². The summed E-state index contributed by atoms with van der Waals surface area (Å²) in [4.78, 5) is 14.2. The lowest BCUT2D eigenvalue weighted by Gasteiger charge is -2.36. The van der Waals surface area contributed by atoms with Gasteiger partial charge in [0.05, 0.1) is 0 Å². The van der Waals surface area contributed by atoms with E-state index in [1.165, 1.54) is 25.7 Å². The van der Waals surface area contributed by atoms with Crippen LogP contribution in [-0.4, -0.2) is 49.1 Å².